The van der Waals surface area contributed by atoms with Gasteiger partial charge in [-0.3, -0.25) is 9.59 Å². The van der Waals surface area contributed by atoms with Crippen molar-refractivity contribution < 1.29 is 14.3 Å². The third-order valence-electron chi connectivity index (χ3n) is 4.98. The third kappa shape index (κ3) is 3.78. The quantitative estimate of drug-likeness (QED) is 0.579. The zero-order valence-corrected chi connectivity index (χ0v) is 16.8. The van der Waals surface area contributed by atoms with Gasteiger partial charge in [0.25, 0.3) is 11.8 Å². The fraction of sp³-hybridized carbons (Fsp3) is 0.217. The fourth-order valence-corrected chi connectivity index (χ4v) is 3.69. The van der Waals surface area contributed by atoms with E-state index < -0.39 is 0 Å². The maximum atomic E-state index is 12.8. The molecule has 148 valence electrons. The second kappa shape index (κ2) is 8.13. The highest BCUT2D eigenvalue weighted by Crippen LogP contribution is 2.40. The monoisotopic (exact) mass is 408 g/mol. The second-order valence-corrected chi connectivity index (χ2v) is 7.40. The van der Waals surface area contributed by atoms with E-state index in [-0.39, 0.29) is 18.4 Å². The molecule has 6 heteroatoms. The molecule has 1 heterocycles. The summed E-state index contributed by atoms with van der Waals surface area (Å²) in [6, 6.07) is 16.2. The lowest BCUT2D eigenvalue weighted by molar-refractivity contribution is -0.118. The van der Waals surface area contributed by atoms with Gasteiger partial charge >= 0.3 is 0 Å². The molecule has 0 bridgehead atoms. The Balaban J connectivity index is 1.55. The number of rotatable bonds is 7. The molecule has 0 aromatic heterocycles. The average molecular weight is 409 g/mol. The summed E-state index contributed by atoms with van der Waals surface area (Å²) in [5.41, 5.74) is 2.26. The molecule has 0 aliphatic carbocycles. The Hall–Kier alpha value is -3.05. The minimum atomic E-state index is -0.271. The number of hydrogen-bond donors (Lipinski definition) is 1. The van der Waals surface area contributed by atoms with E-state index in [4.69, 9.17) is 16.3 Å². The van der Waals surface area contributed by atoms with E-state index in [1.807, 2.05) is 35.2 Å². The number of ether oxygens (including phenoxy) is 1. The van der Waals surface area contributed by atoms with Gasteiger partial charge in [0.1, 0.15) is 5.75 Å². The molecule has 0 fully saturated rings. The molecule has 4 rings (SSSR count). The lowest BCUT2D eigenvalue weighted by atomic mass is 10.0. The van der Waals surface area contributed by atoms with Gasteiger partial charge in [0, 0.05) is 33.6 Å². The number of unbranched alkanes of at least 4 members (excludes halogenated alkanes) is 1. The van der Waals surface area contributed by atoms with Crippen LogP contribution in [0.15, 0.2) is 54.6 Å². The van der Waals surface area contributed by atoms with E-state index >= 15 is 0 Å². The average Bonchev–Trinajstić information content (AvgIpc) is 3.01. The van der Waals surface area contributed by atoms with Crippen LogP contribution >= 0.6 is 11.6 Å². The molecule has 5 nitrogen and oxygen atoms in total. The van der Waals surface area contributed by atoms with Gasteiger partial charge in [-0.05, 0) is 48.9 Å². The predicted octanol–water partition coefficient (Wildman–Crippen LogP) is 5.27. The van der Waals surface area contributed by atoms with Crippen molar-refractivity contribution in [2.45, 2.75) is 19.8 Å². The Morgan fingerprint density at radius 3 is 2.66 bits per heavy atom. The van der Waals surface area contributed by atoms with Crippen LogP contribution in [0.2, 0.25) is 5.02 Å². The first-order valence-corrected chi connectivity index (χ1v) is 10.0. The van der Waals surface area contributed by atoms with Crippen molar-refractivity contribution in [3.63, 3.8) is 0 Å². The van der Waals surface area contributed by atoms with Gasteiger partial charge in [0.15, 0.2) is 6.61 Å². The normalized spacial score (nSPS) is 12.5. The van der Waals surface area contributed by atoms with Gasteiger partial charge in [-0.1, -0.05) is 37.1 Å². The molecular formula is C23H21ClN2O3. The van der Waals surface area contributed by atoms with Crippen molar-refractivity contribution in [1.29, 1.82) is 0 Å². The first kappa shape index (κ1) is 19.3. The number of anilines is 2. The van der Waals surface area contributed by atoms with E-state index in [1.165, 1.54) is 0 Å². The van der Waals surface area contributed by atoms with Crippen LogP contribution in [0.5, 0.6) is 5.75 Å². The Morgan fingerprint density at radius 1 is 1.10 bits per heavy atom. The Bertz CT molecular complexity index is 1080. The van der Waals surface area contributed by atoms with Gasteiger partial charge < -0.3 is 15.0 Å². The minimum Gasteiger partial charge on any atom is -0.484 e. The number of carbonyl (C=O) groups is 2. The van der Waals surface area contributed by atoms with E-state index in [2.05, 4.69) is 12.2 Å². The van der Waals surface area contributed by atoms with Crippen LogP contribution in [0.4, 0.5) is 11.4 Å². The number of benzene rings is 3. The van der Waals surface area contributed by atoms with E-state index in [0.29, 0.717) is 28.6 Å². The lowest BCUT2D eigenvalue weighted by Gasteiger charge is -2.17. The molecule has 1 aliphatic rings. The predicted molar refractivity (Wildman–Crippen MR) is 116 cm³/mol. The zero-order valence-electron chi connectivity index (χ0n) is 16.1. The van der Waals surface area contributed by atoms with Gasteiger partial charge in [-0.25, -0.2) is 0 Å². The van der Waals surface area contributed by atoms with E-state index in [1.54, 1.807) is 24.3 Å². The lowest BCUT2D eigenvalue weighted by Crippen LogP contribution is -2.27. The van der Waals surface area contributed by atoms with Crippen molar-refractivity contribution in [1.82, 2.24) is 0 Å². The minimum absolute atomic E-state index is 0.0219. The summed E-state index contributed by atoms with van der Waals surface area (Å²) in [4.78, 5) is 27.1. The van der Waals surface area contributed by atoms with Crippen LogP contribution in [0.1, 0.15) is 30.1 Å². The molecule has 2 amide bonds. The molecule has 1 aliphatic heterocycles. The van der Waals surface area contributed by atoms with Crippen molar-refractivity contribution in [2.75, 3.05) is 23.4 Å². The molecule has 0 spiro atoms. The third-order valence-corrected chi connectivity index (χ3v) is 5.23. The molecule has 3 aromatic rings. The van der Waals surface area contributed by atoms with Crippen LogP contribution in [0, 0.1) is 0 Å². The maximum absolute atomic E-state index is 12.8. The topological polar surface area (TPSA) is 58.6 Å². The first-order chi connectivity index (χ1) is 14.1. The van der Waals surface area contributed by atoms with Gasteiger partial charge in [-0.15, -0.1) is 0 Å². The van der Waals surface area contributed by atoms with Crippen LogP contribution < -0.4 is 15.0 Å². The highest BCUT2D eigenvalue weighted by atomic mass is 35.5. The Labute approximate surface area is 174 Å². The Kier molecular flexibility index (Phi) is 5.41. The molecule has 0 saturated carbocycles. The maximum Gasteiger partial charge on any atom is 0.262 e. The second-order valence-electron chi connectivity index (χ2n) is 6.96. The van der Waals surface area contributed by atoms with Crippen LogP contribution in [-0.4, -0.2) is 25.0 Å². The van der Waals surface area contributed by atoms with Crippen molar-refractivity contribution in [3.8, 4) is 5.75 Å². The highest BCUT2D eigenvalue weighted by Gasteiger charge is 2.30. The SMILES string of the molecule is CCCCN1C(=O)c2cccc3c(NC(=O)COc4ccc(Cl)cc4)ccc1c23. The molecule has 0 radical (unpaired) electrons. The van der Waals surface area contributed by atoms with Gasteiger partial charge in [-0.2, -0.15) is 0 Å². The number of hydrogen-bond acceptors (Lipinski definition) is 3. The van der Waals surface area contributed by atoms with E-state index in [0.717, 1.165) is 29.3 Å². The number of nitrogens with zero attached hydrogens (tertiary/aromatic N) is 1. The van der Waals surface area contributed by atoms with Crippen LogP contribution in [0.3, 0.4) is 0 Å². The summed E-state index contributed by atoms with van der Waals surface area (Å²) < 4.78 is 5.51. The molecule has 1 N–H and O–H groups in total. The smallest absolute Gasteiger partial charge is 0.262 e. The number of carbonyl (C=O) groups excluding carboxylic acids is 2. The highest BCUT2D eigenvalue weighted by molar-refractivity contribution is 6.30. The zero-order chi connectivity index (χ0) is 20.4. The molecule has 3 aromatic carbocycles. The van der Waals surface area contributed by atoms with Crippen molar-refractivity contribution in [2.24, 2.45) is 0 Å². The summed E-state index contributed by atoms with van der Waals surface area (Å²) in [5, 5.41) is 5.26. The molecule has 29 heavy (non-hydrogen) atoms. The number of nitrogens with one attached hydrogen (secondary N) is 1. The Morgan fingerprint density at radius 2 is 1.90 bits per heavy atom. The standard InChI is InChI=1S/C23H21ClN2O3/c1-2-3-13-26-20-12-11-19(17-5-4-6-18(22(17)20)23(26)28)25-21(27)14-29-16-9-7-15(24)8-10-16/h4-12H,2-3,13-14H2,1H3,(H,25,27). The van der Waals surface area contributed by atoms with Gasteiger partial charge in [0.2, 0.25) is 0 Å². The molecule has 0 atom stereocenters. The van der Waals surface area contributed by atoms with Crippen LogP contribution in [-0.2, 0) is 4.79 Å². The summed E-state index contributed by atoms with van der Waals surface area (Å²) in [6.45, 7) is 2.68. The van der Waals surface area contributed by atoms with E-state index in [9.17, 15) is 9.59 Å². The summed E-state index contributed by atoms with van der Waals surface area (Å²) >= 11 is 5.85. The first-order valence-electron chi connectivity index (χ1n) is 9.64. The van der Waals surface area contributed by atoms with Gasteiger partial charge in [0.05, 0.1) is 5.69 Å². The summed E-state index contributed by atoms with van der Waals surface area (Å²) in [6.07, 6.45) is 1.97. The largest absolute Gasteiger partial charge is 0.484 e. The fourth-order valence-electron chi connectivity index (χ4n) is 3.56. The number of amides is 2. The van der Waals surface area contributed by atoms with Crippen molar-refractivity contribution >= 4 is 45.6 Å². The molecule has 0 saturated heterocycles. The summed E-state index contributed by atoms with van der Waals surface area (Å²) in [7, 11) is 0. The summed E-state index contributed by atoms with van der Waals surface area (Å²) in [5.74, 6) is 0.323. The van der Waals surface area contributed by atoms with Crippen molar-refractivity contribution in [3.05, 3.63) is 65.2 Å². The molecular weight excluding hydrogens is 388 g/mol. The van der Waals surface area contributed by atoms with Crippen LogP contribution in [0.25, 0.3) is 10.8 Å². The number of halogens is 1. The molecule has 0 unspecified atom stereocenters.